The van der Waals surface area contributed by atoms with Crippen LogP contribution in [0.5, 0.6) is 5.75 Å². The van der Waals surface area contributed by atoms with Crippen LogP contribution in [0.1, 0.15) is 66.4 Å². The van der Waals surface area contributed by atoms with Gasteiger partial charge in [0.1, 0.15) is 17.5 Å². The lowest BCUT2D eigenvalue weighted by atomic mass is 10.0. The summed E-state index contributed by atoms with van der Waals surface area (Å²) < 4.78 is 23.6. The first kappa shape index (κ1) is 30.4. The van der Waals surface area contributed by atoms with E-state index < -0.39 is 26.0 Å². The molecule has 0 amide bonds. The lowest BCUT2D eigenvalue weighted by Crippen LogP contribution is -2.44. The number of benzene rings is 1. The van der Waals surface area contributed by atoms with E-state index in [1.165, 1.54) is 0 Å². The molecule has 1 aromatic carbocycles. The Balaban J connectivity index is 2.89. The summed E-state index contributed by atoms with van der Waals surface area (Å²) in [5, 5.41) is 10.5. The highest BCUT2D eigenvalue weighted by molar-refractivity contribution is 6.73. The zero-order chi connectivity index (χ0) is 25.8. The molecule has 0 bridgehead atoms. The molecule has 0 aromatic heterocycles. The maximum absolute atomic E-state index is 12.1. The number of hydrogen-bond acceptors (Lipinski definition) is 6. The van der Waals surface area contributed by atoms with Gasteiger partial charge in [-0.2, -0.15) is 0 Å². The van der Waals surface area contributed by atoms with E-state index in [1.807, 2.05) is 45.0 Å². The van der Waals surface area contributed by atoms with E-state index in [4.69, 9.17) is 18.6 Å². The van der Waals surface area contributed by atoms with Gasteiger partial charge in [0.15, 0.2) is 8.32 Å². The van der Waals surface area contributed by atoms with Crippen LogP contribution in [-0.2, 0) is 25.3 Å². The number of methoxy groups -OCH3 is 1. The van der Waals surface area contributed by atoms with Crippen molar-refractivity contribution in [1.29, 1.82) is 0 Å². The molecule has 0 saturated heterocycles. The standard InChI is InChI=1S/C27H46O6Si/c1-9-24(31-20-21-13-16-23(30-8)17-14-21)25(33-34(10-2,11-3)12-4)18-15-22(28)19-26(29)32-27(5,6)7/h9,13-14,16-17,22,24-25,28H,1,10-12,15,18-20H2,2-8H3/t22-,24+,25-/m1/s1. The fraction of sp³-hybridized carbons (Fsp3) is 0.667. The van der Waals surface area contributed by atoms with E-state index in [-0.39, 0.29) is 18.6 Å². The topological polar surface area (TPSA) is 74.2 Å². The predicted molar refractivity (Wildman–Crippen MR) is 140 cm³/mol. The number of carbonyl (C=O) groups is 1. The fourth-order valence-corrected chi connectivity index (χ4v) is 6.78. The SMILES string of the molecule is C=C[C@H](OCc1ccc(OC)cc1)[C@@H](CC[C@@H](O)CC(=O)OC(C)(C)C)O[Si](CC)(CC)CC. The van der Waals surface area contributed by atoms with Crippen molar-refractivity contribution in [3.05, 3.63) is 42.5 Å². The zero-order valence-corrected chi connectivity index (χ0v) is 23.3. The normalized spacial score (nSPS) is 14.8. The van der Waals surface area contributed by atoms with Crippen molar-refractivity contribution in [3.8, 4) is 5.75 Å². The number of aliphatic hydroxyl groups excluding tert-OH is 1. The van der Waals surface area contributed by atoms with Crippen molar-refractivity contribution in [1.82, 2.24) is 0 Å². The molecule has 1 N–H and O–H groups in total. The molecule has 0 aliphatic rings. The van der Waals surface area contributed by atoms with Crippen LogP contribution in [0.15, 0.2) is 36.9 Å². The highest BCUT2D eigenvalue weighted by Crippen LogP contribution is 2.28. The monoisotopic (exact) mass is 494 g/mol. The van der Waals surface area contributed by atoms with Crippen molar-refractivity contribution in [3.63, 3.8) is 0 Å². The van der Waals surface area contributed by atoms with Gasteiger partial charge in [0, 0.05) is 0 Å². The smallest absolute Gasteiger partial charge is 0.308 e. The van der Waals surface area contributed by atoms with Crippen LogP contribution in [0, 0.1) is 0 Å². The first-order chi connectivity index (χ1) is 16.0. The van der Waals surface area contributed by atoms with E-state index in [9.17, 15) is 9.90 Å². The predicted octanol–water partition coefficient (Wildman–Crippen LogP) is 6.03. The molecular formula is C27H46O6Si. The summed E-state index contributed by atoms with van der Waals surface area (Å²) >= 11 is 0. The molecule has 1 rings (SSSR count). The zero-order valence-electron chi connectivity index (χ0n) is 22.3. The Morgan fingerprint density at radius 3 is 2.15 bits per heavy atom. The van der Waals surface area contributed by atoms with Gasteiger partial charge >= 0.3 is 5.97 Å². The number of hydrogen-bond donors (Lipinski definition) is 1. The summed E-state index contributed by atoms with van der Waals surface area (Å²) in [6.07, 6.45) is 1.37. The van der Waals surface area contributed by atoms with Gasteiger partial charge in [0.2, 0.25) is 0 Å². The lowest BCUT2D eigenvalue weighted by molar-refractivity contribution is -0.157. The van der Waals surface area contributed by atoms with E-state index in [0.717, 1.165) is 29.4 Å². The molecule has 34 heavy (non-hydrogen) atoms. The second kappa shape index (κ2) is 14.7. The summed E-state index contributed by atoms with van der Waals surface area (Å²) in [5.74, 6) is 0.404. The molecule has 0 aliphatic heterocycles. The van der Waals surface area contributed by atoms with Crippen molar-refractivity contribution in [2.24, 2.45) is 0 Å². The van der Waals surface area contributed by atoms with Crippen LogP contribution < -0.4 is 4.74 Å². The van der Waals surface area contributed by atoms with E-state index in [1.54, 1.807) is 13.2 Å². The molecule has 0 unspecified atom stereocenters. The Bertz CT molecular complexity index is 715. The van der Waals surface area contributed by atoms with Crippen molar-refractivity contribution < 1.29 is 28.5 Å². The van der Waals surface area contributed by atoms with Crippen molar-refractivity contribution >= 4 is 14.3 Å². The largest absolute Gasteiger partial charge is 0.497 e. The van der Waals surface area contributed by atoms with Crippen LogP contribution >= 0.6 is 0 Å². The Kier molecular flexibility index (Phi) is 13.1. The van der Waals surface area contributed by atoms with Gasteiger partial charge in [0.25, 0.3) is 0 Å². The molecule has 6 nitrogen and oxygen atoms in total. The van der Waals surface area contributed by atoms with E-state index >= 15 is 0 Å². The Hall–Kier alpha value is -1.67. The third-order valence-corrected chi connectivity index (χ3v) is 10.8. The van der Waals surface area contributed by atoms with Crippen molar-refractivity contribution in [2.45, 2.75) is 109 Å². The first-order valence-corrected chi connectivity index (χ1v) is 15.0. The van der Waals surface area contributed by atoms with Crippen LogP contribution in [0.4, 0.5) is 0 Å². The lowest BCUT2D eigenvalue weighted by Gasteiger charge is -2.36. The average molecular weight is 495 g/mol. The van der Waals surface area contributed by atoms with Crippen LogP contribution in [0.3, 0.4) is 0 Å². The molecule has 3 atom stereocenters. The first-order valence-electron chi connectivity index (χ1n) is 12.5. The van der Waals surface area contributed by atoms with Gasteiger partial charge in [-0.1, -0.05) is 39.0 Å². The highest BCUT2D eigenvalue weighted by atomic mass is 28.4. The van der Waals surface area contributed by atoms with Crippen LogP contribution in [0.25, 0.3) is 0 Å². The Labute approximate surface area is 207 Å². The highest BCUT2D eigenvalue weighted by Gasteiger charge is 2.35. The van der Waals surface area contributed by atoms with Gasteiger partial charge in [-0.05, 0) is 69.4 Å². The minimum absolute atomic E-state index is 0.0344. The van der Waals surface area contributed by atoms with Crippen LogP contribution in [-0.4, -0.2) is 50.4 Å². The molecule has 0 radical (unpaired) electrons. The number of ether oxygens (including phenoxy) is 3. The second-order valence-electron chi connectivity index (χ2n) is 9.78. The maximum atomic E-state index is 12.1. The summed E-state index contributed by atoms with van der Waals surface area (Å²) in [6, 6.07) is 10.8. The van der Waals surface area contributed by atoms with Gasteiger partial charge in [-0.15, -0.1) is 6.58 Å². The van der Waals surface area contributed by atoms with E-state index in [0.29, 0.717) is 19.4 Å². The van der Waals surface area contributed by atoms with E-state index in [2.05, 4.69) is 27.4 Å². The van der Waals surface area contributed by atoms with Gasteiger partial charge in [-0.3, -0.25) is 4.79 Å². The minimum atomic E-state index is -1.93. The second-order valence-corrected chi connectivity index (χ2v) is 14.5. The van der Waals surface area contributed by atoms with Crippen LogP contribution in [0.2, 0.25) is 18.1 Å². The number of carbonyl (C=O) groups excluding carboxylic acids is 1. The Morgan fingerprint density at radius 2 is 1.68 bits per heavy atom. The molecule has 0 saturated carbocycles. The fourth-order valence-electron chi connectivity index (χ4n) is 3.89. The Morgan fingerprint density at radius 1 is 1.09 bits per heavy atom. The third-order valence-electron chi connectivity index (χ3n) is 6.14. The summed E-state index contributed by atoms with van der Waals surface area (Å²) in [7, 11) is -0.291. The van der Waals surface area contributed by atoms with Gasteiger partial charge < -0.3 is 23.7 Å². The average Bonchev–Trinajstić information content (AvgIpc) is 2.80. The van der Waals surface area contributed by atoms with Gasteiger partial charge in [-0.25, -0.2) is 0 Å². The van der Waals surface area contributed by atoms with Crippen molar-refractivity contribution in [2.75, 3.05) is 7.11 Å². The number of aliphatic hydroxyl groups is 1. The summed E-state index contributed by atoms with van der Waals surface area (Å²) in [6.45, 7) is 16.4. The maximum Gasteiger partial charge on any atom is 0.308 e. The third kappa shape index (κ3) is 10.7. The summed E-state index contributed by atoms with van der Waals surface area (Å²) in [5.41, 5.74) is 0.460. The quantitative estimate of drug-likeness (QED) is 0.172. The minimum Gasteiger partial charge on any atom is -0.497 e. The summed E-state index contributed by atoms with van der Waals surface area (Å²) in [4.78, 5) is 12.1. The molecule has 0 spiro atoms. The number of esters is 1. The molecular weight excluding hydrogens is 448 g/mol. The molecule has 0 aliphatic carbocycles. The number of rotatable bonds is 16. The molecule has 194 valence electrons. The molecule has 0 heterocycles. The molecule has 7 heteroatoms. The molecule has 0 fully saturated rings. The molecule has 1 aromatic rings. The van der Waals surface area contributed by atoms with Gasteiger partial charge in [0.05, 0.1) is 32.3 Å².